The Kier molecular flexibility index (Phi) is 4.44. The maximum absolute atomic E-state index is 12.2. The Bertz CT molecular complexity index is 785. The molecule has 0 unspecified atom stereocenters. The summed E-state index contributed by atoms with van der Waals surface area (Å²) in [4.78, 5) is 24.3. The number of benzene rings is 1. The Morgan fingerprint density at radius 2 is 1.93 bits per heavy atom. The van der Waals surface area contributed by atoms with E-state index in [9.17, 15) is 9.59 Å². The molecule has 3 saturated carbocycles. The zero-order valence-corrected chi connectivity index (χ0v) is 16.1. The molecule has 1 aromatic rings. The molecule has 1 amide bonds. The van der Waals surface area contributed by atoms with Gasteiger partial charge >= 0.3 is 5.97 Å². The summed E-state index contributed by atoms with van der Waals surface area (Å²) in [7, 11) is 0. The van der Waals surface area contributed by atoms with E-state index in [-0.39, 0.29) is 18.5 Å². The standard InChI is InChI=1S/C22H27NO5/c24-20(13-26-21(25)11-16-10-14-3-4-15(16)9-14)23-17-5-6-18-19(12-17)28-22(27-18)7-1-2-8-22/h5-6,12,14-16H,1-4,7-11,13H2,(H,23,24)/t14-,15-,16-/m1/s1. The van der Waals surface area contributed by atoms with E-state index in [1.165, 1.54) is 19.3 Å². The number of fused-ring (bicyclic) bond motifs is 3. The first-order chi connectivity index (χ1) is 13.6. The number of ether oxygens (including phenoxy) is 3. The summed E-state index contributed by atoms with van der Waals surface area (Å²) >= 11 is 0. The van der Waals surface area contributed by atoms with Gasteiger partial charge in [-0.05, 0) is 62.0 Å². The zero-order valence-electron chi connectivity index (χ0n) is 16.1. The molecule has 28 heavy (non-hydrogen) atoms. The second-order valence-electron chi connectivity index (χ2n) is 8.83. The summed E-state index contributed by atoms with van der Waals surface area (Å²) in [5.74, 6) is 2.21. The molecule has 1 heterocycles. The smallest absolute Gasteiger partial charge is 0.306 e. The lowest BCUT2D eigenvalue weighted by Crippen LogP contribution is -2.34. The molecule has 6 heteroatoms. The maximum atomic E-state index is 12.2. The topological polar surface area (TPSA) is 73.9 Å². The van der Waals surface area contributed by atoms with Gasteiger partial charge in [0.2, 0.25) is 0 Å². The molecule has 3 aliphatic carbocycles. The molecule has 5 rings (SSSR count). The van der Waals surface area contributed by atoms with Crippen LogP contribution in [0, 0.1) is 17.8 Å². The Labute approximate surface area is 164 Å². The summed E-state index contributed by atoms with van der Waals surface area (Å²) in [6.07, 6.45) is 9.40. The molecule has 2 bridgehead atoms. The van der Waals surface area contributed by atoms with Gasteiger partial charge in [-0.3, -0.25) is 9.59 Å². The van der Waals surface area contributed by atoms with Crippen molar-refractivity contribution in [2.45, 2.75) is 63.6 Å². The second kappa shape index (κ2) is 6.98. The van der Waals surface area contributed by atoms with Crippen molar-refractivity contribution < 1.29 is 23.8 Å². The van der Waals surface area contributed by atoms with Crippen molar-refractivity contribution >= 4 is 17.6 Å². The highest BCUT2D eigenvalue weighted by atomic mass is 16.7. The van der Waals surface area contributed by atoms with Crippen molar-refractivity contribution in [3.8, 4) is 11.5 Å². The predicted molar refractivity (Wildman–Crippen MR) is 102 cm³/mol. The van der Waals surface area contributed by atoms with E-state index in [0.29, 0.717) is 29.7 Å². The van der Waals surface area contributed by atoms with Gasteiger partial charge in [-0.1, -0.05) is 6.42 Å². The largest absolute Gasteiger partial charge is 0.456 e. The van der Waals surface area contributed by atoms with Crippen LogP contribution in [0.5, 0.6) is 11.5 Å². The molecule has 150 valence electrons. The molecule has 1 N–H and O–H groups in total. The fraction of sp³-hybridized carbons (Fsp3) is 0.636. The molecular formula is C22H27NO5. The number of amides is 1. The van der Waals surface area contributed by atoms with Crippen LogP contribution >= 0.6 is 0 Å². The van der Waals surface area contributed by atoms with Gasteiger partial charge < -0.3 is 19.5 Å². The van der Waals surface area contributed by atoms with Gasteiger partial charge in [0.1, 0.15) is 0 Å². The van der Waals surface area contributed by atoms with E-state index < -0.39 is 5.79 Å². The lowest BCUT2D eigenvalue weighted by molar-refractivity contribution is -0.148. The molecule has 0 aromatic heterocycles. The lowest BCUT2D eigenvalue weighted by atomic mass is 9.86. The average molecular weight is 385 g/mol. The fourth-order valence-electron chi connectivity index (χ4n) is 5.53. The molecule has 4 aliphatic rings. The normalized spacial score (nSPS) is 28.6. The summed E-state index contributed by atoms with van der Waals surface area (Å²) in [6, 6.07) is 5.38. The lowest BCUT2D eigenvalue weighted by Gasteiger charge is -2.21. The number of hydrogen-bond acceptors (Lipinski definition) is 5. The van der Waals surface area contributed by atoms with Crippen molar-refractivity contribution in [3.63, 3.8) is 0 Å². The summed E-state index contributed by atoms with van der Waals surface area (Å²) < 4.78 is 17.2. The van der Waals surface area contributed by atoms with Gasteiger partial charge in [0, 0.05) is 31.0 Å². The van der Waals surface area contributed by atoms with Crippen LogP contribution in [0.2, 0.25) is 0 Å². The van der Waals surface area contributed by atoms with Crippen molar-refractivity contribution in [1.82, 2.24) is 0 Å². The monoisotopic (exact) mass is 385 g/mol. The van der Waals surface area contributed by atoms with Crippen LogP contribution in [-0.2, 0) is 14.3 Å². The first-order valence-electron chi connectivity index (χ1n) is 10.6. The molecule has 6 nitrogen and oxygen atoms in total. The van der Waals surface area contributed by atoms with E-state index >= 15 is 0 Å². The maximum Gasteiger partial charge on any atom is 0.306 e. The van der Waals surface area contributed by atoms with Gasteiger partial charge in [0.25, 0.3) is 11.7 Å². The van der Waals surface area contributed by atoms with Crippen molar-refractivity contribution in [1.29, 1.82) is 0 Å². The summed E-state index contributed by atoms with van der Waals surface area (Å²) in [6.45, 7) is -0.252. The summed E-state index contributed by atoms with van der Waals surface area (Å²) in [5, 5.41) is 2.77. The second-order valence-corrected chi connectivity index (χ2v) is 8.83. The highest BCUT2D eigenvalue weighted by Gasteiger charge is 2.44. The quantitative estimate of drug-likeness (QED) is 0.775. The van der Waals surface area contributed by atoms with Crippen LogP contribution in [0.4, 0.5) is 5.69 Å². The minimum atomic E-state index is -0.514. The Morgan fingerprint density at radius 1 is 1.11 bits per heavy atom. The van der Waals surface area contributed by atoms with Gasteiger partial charge in [-0.25, -0.2) is 0 Å². The molecule has 1 spiro atoms. The molecule has 1 aliphatic heterocycles. The fourth-order valence-corrected chi connectivity index (χ4v) is 5.53. The zero-order chi connectivity index (χ0) is 19.1. The highest BCUT2D eigenvalue weighted by molar-refractivity contribution is 5.93. The van der Waals surface area contributed by atoms with Gasteiger partial charge in [0.15, 0.2) is 18.1 Å². The third-order valence-corrected chi connectivity index (χ3v) is 6.86. The highest BCUT2D eigenvalue weighted by Crippen LogP contribution is 2.49. The number of hydrogen-bond donors (Lipinski definition) is 1. The van der Waals surface area contributed by atoms with E-state index in [1.54, 1.807) is 12.1 Å². The number of anilines is 1. The van der Waals surface area contributed by atoms with Crippen molar-refractivity contribution in [2.75, 3.05) is 11.9 Å². The SMILES string of the molecule is O=C(COC(=O)C[C@H]1C[C@@H]2CC[C@@H]1C2)Nc1ccc2c(c1)OC1(CCCC1)O2. The van der Waals surface area contributed by atoms with Crippen LogP contribution in [0.3, 0.4) is 0 Å². The van der Waals surface area contributed by atoms with Crippen LogP contribution in [0.15, 0.2) is 18.2 Å². The molecule has 0 radical (unpaired) electrons. The van der Waals surface area contributed by atoms with E-state index in [1.807, 2.05) is 6.07 Å². The summed E-state index contributed by atoms with van der Waals surface area (Å²) in [5.41, 5.74) is 0.617. The van der Waals surface area contributed by atoms with Gasteiger partial charge in [-0.2, -0.15) is 0 Å². The van der Waals surface area contributed by atoms with Crippen LogP contribution in [0.1, 0.15) is 57.8 Å². The Hall–Kier alpha value is -2.24. The van der Waals surface area contributed by atoms with E-state index in [4.69, 9.17) is 14.2 Å². The molecule has 0 saturated heterocycles. The van der Waals surface area contributed by atoms with E-state index in [0.717, 1.165) is 43.8 Å². The Balaban J connectivity index is 1.10. The van der Waals surface area contributed by atoms with Gasteiger partial charge in [0.05, 0.1) is 0 Å². The minimum absolute atomic E-state index is 0.252. The van der Waals surface area contributed by atoms with Gasteiger partial charge in [-0.15, -0.1) is 0 Å². The van der Waals surface area contributed by atoms with Crippen LogP contribution < -0.4 is 14.8 Å². The Morgan fingerprint density at radius 3 is 2.68 bits per heavy atom. The minimum Gasteiger partial charge on any atom is -0.456 e. The molecule has 1 aromatic carbocycles. The first kappa shape index (κ1) is 17.8. The van der Waals surface area contributed by atoms with E-state index in [2.05, 4.69) is 5.32 Å². The molecule has 3 fully saturated rings. The molecule has 3 atom stereocenters. The third-order valence-electron chi connectivity index (χ3n) is 6.86. The van der Waals surface area contributed by atoms with Crippen LogP contribution in [-0.4, -0.2) is 24.3 Å². The number of carbonyl (C=O) groups is 2. The third kappa shape index (κ3) is 3.45. The van der Waals surface area contributed by atoms with Crippen molar-refractivity contribution in [3.05, 3.63) is 18.2 Å². The number of rotatable bonds is 5. The van der Waals surface area contributed by atoms with Crippen LogP contribution in [0.25, 0.3) is 0 Å². The predicted octanol–water partition coefficient (Wildman–Crippen LogP) is 4.04. The molecular weight excluding hydrogens is 358 g/mol. The average Bonchev–Trinajstić information content (AvgIpc) is 3.44. The van der Waals surface area contributed by atoms with Crippen molar-refractivity contribution in [2.24, 2.45) is 17.8 Å². The number of carbonyl (C=O) groups excluding carboxylic acids is 2. The number of nitrogens with one attached hydrogen (secondary N) is 1. The number of esters is 1. The first-order valence-corrected chi connectivity index (χ1v) is 10.6.